The van der Waals surface area contributed by atoms with E-state index < -0.39 is 82.5 Å². The molecule has 0 aliphatic heterocycles. The first kappa shape index (κ1) is 62.4. The molecule has 4 aromatic carbocycles. The van der Waals surface area contributed by atoms with Crippen LogP contribution in [0.25, 0.3) is 0 Å². The lowest BCUT2D eigenvalue weighted by atomic mass is 10.0. The third-order valence-corrected chi connectivity index (χ3v) is 12.3. The number of anilines is 2. The third kappa shape index (κ3) is 24.7. The lowest BCUT2D eigenvalue weighted by Crippen LogP contribution is -2.49. The van der Waals surface area contributed by atoms with Gasteiger partial charge in [-0.05, 0) is 66.8 Å². The zero-order chi connectivity index (χ0) is 55.6. The molecule has 0 bridgehead atoms. The number of hydrogen-bond donors (Lipinski definition) is 6. The van der Waals surface area contributed by atoms with Crippen LogP contribution in [0.4, 0.5) is 73.6 Å². The first-order valence-electron chi connectivity index (χ1n) is 25.8. The summed E-state index contributed by atoms with van der Waals surface area (Å²) in [4.78, 5) is 31.4. The van der Waals surface area contributed by atoms with Gasteiger partial charge in [0, 0.05) is 24.5 Å². The van der Waals surface area contributed by atoms with Crippen LogP contribution >= 0.6 is 0 Å². The predicted molar refractivity (Wildman–Crippen MR) is 273 cm³/mol. The Morgan fingerprint density at radius 2 is 0.789 bits per heavy atom. The van der Waals surface area contributed by atoms with Crippen molar-refractivity contribution >= 4 is 29.4 Å². The SMILES string of the molecule is CCCCCCCCCCCCCCCCCCNC(=NC[C@H](Cc1ccccc1)NC(=O)Nc1cc(C(F)(F)F)cc(C(F)(F)F)c1)NC[C@H](Cc1ccccc1)NC(=O)Nc1cc(C(F)(F)F)cc(C(F)(F)F)c1. The molecule has 0 heterocycles. The number of carbonyl (C=O) groups excluding carboxylic acids is 2. The standard InChI is InChI=1S/C55H69F12N7O2/c1-2-3-4-5-6-7-8-9-10-11-12-13-14-15-16-23-28-68-49(69-37-47(29-39-24-19-17-20-25-39)73-50(75)71-45-33-41(52(56,57)58)31-42(34-45)53(59,60)61)70-38-48(30-40-26-21-18-22-27-40)74-51(76)72-46-35-43(54(62,63)64)32-44(36-46)55(65,66)67/h17-22,24-27,31-36,47-48H,2-16,23,28-30,37-38H2,1H3,(H2,68,69,70)(H2,71,73,75)(H2,72,74,76)/t47-,48-/m0/s1. The number of guanidine groups is 1. The van der Waals surface area contributed by atoms with E-state index in [1.54, 1.807) is 60.7 Å². The molecule has 2 atom stereocenters. The summed E-state index contributed by atoms with van der Waals surface area (Å²) in [6.45, 7) is 2.29. The molecular weight excluding hydrogens is 1020 g/mol. The van der Waals surface area contributed by atoms with Crippen molar-refractivity contribution in [1.82, 2.24) is 21.3 Å². The molecule has 0 aromatic heterocycles. The van der Waals surface area contributed by atoms with Crippen LogP contribution in [0.1, 0.15) is 143 Å². The summed E-state index contributed by atoms with van der Waals surface area (Å²) >= 11 is 0. The van der Waals surface area contributed by atoms with Crippen LogP contribution in [0.3, 0.4) is 0 Å². The average molecular weight is 1090 g/mol. The molecule has 0 saturated heterocycles. The van der Waals surface area contributed by atoms with Gasteiger partial charge >= 0.3 is 36.8 Å². The Bertz CT molecular complexity index is 2300. The lowest BCUT2D eigenvalue weighted by molar-refractivity contribution is -0.144. The highest BCUT2D eigenvalue weighted by Crippen LogP contribution is 2.39. The van der Waals surface area contributed by atoms with E-state index >= 15 is 0 Å². The summed E-state index contributed by atoms with van der Waals surface area (Å²) in [7, 11) is 0. The molecule has 0 saturated carbocycles. The Hall–Kier alpha value is -6.15. The van der Waals surface area contributed by atoms with Crippen LogP contribution in [0.15, 0.2) is 102 Å². The van der Waals surface area contributed by atoms with Gasteiger partial charge in [0.2, 0.25) is 0 Å². The number of alkyl halides is 12. The molecule has 9 nitrogen and oxygen atoms in total. The molecule has 0 radical (unpaired) electrons. The van der Waals surface area contributed by atoms with Gasteiger partial charge in [0.15, 0.2) is 5.96 Å². The normalized spacial score (nSPS) is 13.2. The highest BCUT2D eigenvalue weighted by atomic mass is 19.4. The van der Waals surface area contributed by atoms with Gasteiger partial charge in [0.1, 0.15) is 0 Å². The number of unbranched alkanes of at least 4 members (excludes halogenated alkanes) is 15. The summed E-state index contributed by atoms with van der Waals surface area (Å²) < 4.78 is 164. The van der Waals surface area contributed by atoms with Gasteiger partial charge in [0.05, 0.1) is 40.9 Å². The smallest absolute Gasteiger partial charge is 0.356 e. The maximum atomic E-state index is 13.6. The fourth-order valence-corrected chi connectivity index (χ4v) is 8.37. The fourth-order valence-electron chi connectivity index (χ4n) is 8.37. The molecule has 420 valence electrons. The Labute approximate surface area is 436 Å². The van der Waals surface area contributed by atoms with Crippen molar-refractivity contribution in [1.29, 1.82) is 0 Å². The zero-order valence-corrected chi connectivity index (χ0v) is 42.5. The number of nitrogens with zero attached hydrogens (tertiary/aromatic N) is 1. The summed E-state index contributed by atoms with van der Waals surface area (Å²) in [6, 6.07) is 14.7. The molecule has 0 spiro atoms. The van der Waals surface area contributed by atoms with Crippen molar-refractivity contribution in [2.24, 2.45) is 4.99 Å². The molecule has 4 rings (SSSR count). The van der Waals surface area contributed by atoms with E-state index in [4.69, 9.17) is 0 Å². The van der Waals surface area contributed by atoms with Crippen LogP contribution in [0.2, 0.25) is 0 Å². The van der Waals surface area contributed by atoms with Gasteiger partial charge < -0.3 is 31.9 Å². The summed E-state index contributed by atoms with van der Waals surface area (Å²) in [5.74, 6) is 0.155. The van der Waals surface area contributed by atoms with E-state index in [1.165, 1.54) is 64.2 Å². The predicted octanol–water partition coefficient (Wildman–Crippen LogP) is 15.7. The first-order chi connectivity index (χ1) is 36.0. The zero-order valence-electron chi connectivity index (χ0n) is 42.5. The number of nitrogens with one attached hydrogen (secondary N) is 6. The van der Waals surface area contributed by atoms with Crippen LogP contribution in [0, 0.1) is 0 Å². The first-order valence-corrected chi connectivity index (χ1v) is 25.8. The molecular formula is C55H69F12N7O2. The molecule has 21 heteroatoms. The molecule has 76 heavy (non-hydrogen) atoms. The number of urea groups is 2. The van der Waals surface area contributed by atoms with Gasteiger partial charge in [-0.15, -0.1) is 0 Å². The van der Waals surface area contributed by atoms with E-state index in [9.17, 15) is 62.3 Å². The summed E-state index contributed by atoms with van der Waals surface area (Å²) in [5, 5.41) is 15.8. The molecule has 0 fully saturated rings. The quantitative estimate of drug-likeness (QED) is 0.0140. The van der Waals surface area contributed by atoms with E-state index in [2.05, 4.69) is 43.8 Å². The van der Waals surface area contributed by atoms with Gasteiger partial charge in [-0.1, -0.05) is 164 Å². The number of amides is 4. The minimum absolute atomic E-state index is 0.0607. The number of aliphatic imine (C=N–C) groups is 1. The number of carbonyl (C=O) groups is 2. The van der Waals surface area contributed by atoms with Crippen molar-refractivity contribution in [2.75, 3.05) is 30.3 Å². The van der Waals surface area contributed by atoms with Crippen LogP contribution in [-0.4, -0.2) is 49.7 Å². The summed E-state index contributed by atoms with van der Waals surface area (Å²) in [6.07, 6.45) is -1.85. The Kier molecular flexibility index (Phi) is 25.6. The molecule has 0 aliphatic rings. The van der Waals surface area contributed by atoms with Crippen LogP contribution in [0.5, 0.6) is 0 Å². The monoisotopic (exact) mass is 1090 g/mol. The van der Waals surface area contributed by atoms with Crippen LogP contribution in [-0.2, 0) is 37.5 Å². The topological polar surface area (TPSA) is 119 Å². The van der Waals surface area contributed by atoms with Crippen molar-refractivity contribution in [3.05, 3.63) is 130 Å². The Morgan fingerprint density at radius 1 is 0.447 bits per heavy atom. The van der Waals surface area contributed by atoms with Crippen molar-refractivity contribution in [2.45, 2.75) is 159 Å². The third-order valence-electron chi connectivity index (χ3n) is 12.3. The number of hydrogen-bond acceptors (Lipinski definition) is 3. The van der Waals surface area contributed by atoms with E-state index in [-0.39, 0.29) is 44.0 Å². The van der Waals surface area contributed by atoms with E-state index in [1.807, 2.05) is 0 Å². The van der Waals surface area contributed by atoms with E-state index in [0.29, 0.717) is 48.4 Å². The number of benzene rings is 4. The highest BCUT2D eigenvalue weighted by Gasteiger charge is 2.38. The number of rotatable bonds is 29. The molecule has 4 amide bonds. The van der Waals surface area contributed by atoms with Crippen molar-refractivity contribution in [3.63, 3.8) is 0 Å². The summed E-state index contributed by atoms with van der Waals surface area (Å²) in [5.41, 5.74) is -6.63. The van der Waals surface area contributed by atoms with E-state index in [0.717, 1.165) is 32.1 Å². The van der Waals surface area contributed by atoms with Crippen molar-refractivity contribution in [3.8, 4) is 0 Å². The van der Waals surface area contributed by atoms with Gasteiger partial charge in [0.25, 0.3) is 0 Å². The molecule has 6 N–H and O–H groups in total. The second-order valence-electron chi connectivity index (χ2n) is 18.9. The molecule has 0 unspecified atom stereocenters. The van der Waals surface area contributed by atoms with Crippen LogP contribution < -0.4 is 31.9 Å². The largest absolute Gasteiger partial charge is 0.416 e. The highest BCUT2D eigenvalue weighted by molar-refractivity contribution is 5.90. The molecule has 4 aromatic rings. The maximum absolute atomic E-state index is 13.6. The second-order valence-corrected chi connectivity index (χ2v) is 18.9. The minimum Gasteiger partial charge on any atom is -0.356 e. The number of halogens is 12. The Balaban J connectivity index is 1.50. The van der Waals surface area contributed by atoms with Gasteiger partial charge in [-0.25, -0.2) is 9.59 Å². The van der Waals surface area contributed by atoms with Crippen molar-refractivity contribution < 1.29 is 62.3 Å². The fraction of sp³-hybridized carbons (Fsp3) is 0.509. The van der Waals surface area contributed by atoms with Gasteiger partial charge in [-0.3, -0.25) is 4.99 Å². The lowest BCUT2D eigenvalue weighted by Gasteiger charge is -2.23. The average Bonchev–Trinajstić information content (AvgIpc) is 3.34. The second kappa shape index (κ2) is 31.2. The maximum Gasteiger partial charge on any atom is 0.416 e. The minimum atomic E-state index is -5.16. The molecule has 0 aliphatic carbocycles. The van der Waals surface area contributed by atoms with Gasteiger partial charge in [-0.2, -0.15) is 52.7 Å². The Morgan fingerprint density at radius 3 is 1.16 bits per heavy atom.